The summed E-state index contributed by atoms with van der Waals surface area (Å²) in [5.41, 5.74) is 1.58. The average molecular weight is 443 g/mol. The first-order chi connectivity index (χ1) is 14.6. The maximum atomic E-state index is 13.0. The van der Waals surface area contributed by atoms with E-state index in [4.69, 9.17) is 0 Å². The Morgan fingerprint density at radius 2 is 1.87 bits per heavy atom. The number of nitrogens with one attached hydrogen (secondary N) is 1. The second-order valence-electron chi connectivity index (χ2n) is 7.09. The van der Waals surface area contributed by atoms with E-state index < -0.39 is 16.1 Å². The molecule has 0 spiro atoms. The van der Waals surface area contributed by atoms with Gasteiger partial charge in [0.1, 0.15) is 4.21 Å². The Morgan fingerprint density at radius 1 is 1.10 bits per heavy atom. The normalized spacial score (nSPS) is 16.8. The smallest absolute Gasteiger partial charge is 0.252 e. The number of carbonyl (C=O) groups excluding carboxylic acids is 1. The molecule has 3 heterocycles. The number of amides is 1. The molecule has 7 nitrogen and oxygen atoms in total. The van der Waals surface area contributed by atoms with Crippen molar-refractivity contribution in [3.8, 4) is 0 Å². The lowest BCUT2D eigenvalue weighted by Gasteiger charge is -2.31. The van der Waals surface area contributed by atoms with Crippen LogP contribution in [-0.4, -0.2) is 41.7 Å². The first-order valence-electron chi connectivity index (χ1n) is 9.70. The van der Waals surface area contributed by atoms with Crippen molar-refractivity contribution >= 4 is 27.3 Å². The van der Waals surface area contributed by atoms with E-state index in [9.17, 15) is 13.2 Å². The molecule has 3 aromatic rings. The van der Waals surface area contributed by atoms with Gasteiger partial charge < -0.3 is 5.32 Å². The summed E-state index contributed by atoms with van der Waals surface area (Å²) >= 11 is 1.21. The monoisotopic (exact) mass is 442 g/mol. The summed E-state index contributed by atoms with van der Waals surface area (Å²) < 4.78 is 27.2. The van der Waals surface area contributed by atoms with Crippen LogP contribution in [0, 0.1) is 5.92 Å². The minimum Gasteiger partial charge on any atom is -0.343 e. The number of aromatic nitrogens is 2. The Hall–Kier alpha value is -2.62. The van der Waals surface area contributed by atoms with Gasteiger partial charge in [0.15, 0.2) is 0 Å². The van der Waals surface area contributed by atoms with Gasteiger partial charge >= 0.3 is 0 Å². The Balaban J connectivity index is 1.44. The van der Waals surface area contributed by atoms with Crippen molar-refractivity contribution in [1.29, 1.82) is 0 Å². The third-order valence-electron chi connectivity index (χ3n) is 5.21. The molecule has 30 heavy (non-hydrogen) atoms. The van der Waals surface area contributed by atoms with Gasteiger partial charge in [0.2, 0.25) is 5.91 Å². The first kappa shape index (κ1) is 20.6. The average Bonchev–Trinajstić information content (AvgIpc) is 3.35. The Labute approximate surface area is 179 Å². The van der Waals surface area contributed by atoms with Gasteiger partial charge in [-0.05, 0) is 29.9 Å². The maximum Gasteiger partial charge on any atom is 0.252 e. The SMILES string of the molecule is O=C(NC(c1ccccc1)c1cnccn1)C1CCN(S(=O)(=O)c2cccs2)CC1. The Kier molecular flexibility index (Phi) is 6.21. The van der Waals surface area contributed by atoms with Crippen molar-refractivity contribution in [2.75, 3.05) is 13.1 Å². The number of nitrogens with zero attached hydrogens (tertiary/aromatic N) is 3. The second kappa shape index (κ2) is 9.03. The second-order valence-corrected chi connectivity index (χ2v) is 10.2. The highest BCUT2D eigenvalue weighted by Gasteiger charge is 2.33. The van der Waals surface area contributed by atoms with Crippen molar-refractivity contribution in [2.45, 2.75) is 23.1 Å². The zero-order valence-corrected chi connectivity index (χ0v) is 17.8. The lowest BCUT2D eigenvalue weighted by atomic mass is 9.95. The molecular formula is C21H22N4O3S2. The van der Waals surface area contributed by atoms with Gasteiger partial charge in [-0.15, -0.1) is 11.3 Å². The van der Waals surface area contributed by atoms with E-state index in [1.807, 2.05) is 30.3 Å². The molecule has 1 fully saturated rings. The third-order valence-corrected chi connectivity index (χ3v) is 8.48. The van der Waals surface area contributed by atoms with Crippen LogP contribution in [0.25, 0.3) is 0 Å². The lowest BCUT2D eigenvalue weighted by molar-refractivity contribution is -0.126. The van der Waals surface area contributed by atoms with Gasteiger partial charge in [-0.1, -0.05) is 36.4 Å². The molecule has 0 radical (unpaired) electrons. The number of hydrogen-bond acceptors (Lipinski definition) is 6. The number of benzene rings is 1. The summed E-state index contributed by atoms with van der Waals surface area (Å²) in [6, 6.07) is 12.6. The number of piperidine rings is 1. The largest absolute Gasteiger partial charge is 0.343 e. The fourth-order valence-electron chi connectivity index (χ4n) is 3.59. The predicted molar refractivity (Wildman–Crippen MR) is 114 cm³/mol. The highest BCUT2D eigenvalue weighted by atomic mass is 32.2. The molecule has 1 aromatic carbocycles. The van der Waals surface area contributed by atoms with Gasteiger partial charge in [-0.25, -0.2) is 8.42 Å². The van der Waals surface area contributed by atoms with Crippen LogP contribution >= 0.6 is 11.3 Å². The summed E-state index contributed by atoms with van der Waals surface area (Å²) in [5.74, 6) is -0.342. The topological polar surface area (TPSA) is 92.3 Å². The number of carbonyl (C=O) groups is 1. The highest BCUT2D eigenvalue weighted by Crippen LogP contribution is 2.27. The van der Waals surface area contributed by atoms with Gasteiger partial charge in [-0.2, -0.15) is 4.31 Å². The van der Waals surface area contributed by atoms with Gasteiger partial charge in [0, 0.05) is 31.4 Å². The minimum atomic E-state index is -3.47. The quantitative estimate of drug-likeness (QED) is 0.634. The van der Waals surface area contributed by atoms with Crippen molar-refractivity contribution < 1.29 is 13.2 Å². The summed E-state index contributed by atoms with van der Waals surface area (Å²) in [6.07, 6.45) is 5.81. The number of rotatable bonds is 6. The van der Waals surface area contributed by atoms with Gasteiger partial charge in [0.25, 0.3) is 10.0 Å². The van der Waals surface area contributed by atoms with E-state index in [0.717, 1.165) is 5.56 Å². The fraction of sp³-hybridized carbons (Fsp3) is 0.286. The van der Waals surface area contributed by atoms with Crippen LogP contribution in [0.4, 0.5) is 0 Å². The molecule has 0 aliphatic carbocycles. The summed E-state index contributed by atoms with van der Waals surface area (Å²) in [7, 11) is -3.47. The Morgan fingerprint density at radius 3 is 2.50 bits per heavy atom. The number of hydrogen-bond donors (Lipinski definition) is 1. The molecule has 9 heteroatoms. The Bertz CT molecular complexity index is 1030. The molecule has 0 bridgehead atoms. The number of thiophene rings is 1. The van der Waals surface area contributed by atoms with Crippen molar-refractivity contribution in [2.24, 2.45) is 5.92 Å². The molecule has 156 valence electrons. The number of sulfonamides is 1. The molecule has 1 aliphatic rings. The lowest BCUT2D eigenvalue weighted by Crippen LogP contribution is -2.43. The molecule has 0 saturated carbocycles. The van der Waals surface area contributed by atoms with Crippen LogP contribution in [0.2, 0.25) is 0 Å². The fourth-order valence-corrected chi connectivity index (χ4v) is 6.20. The van der Waals surface area contributed by atoms with Crippen LogP contribution in [-0.2, 0) is 14.8 Å². The van der Waals surface area contributed by atoms with Gasteiger partial charge in [0.05, 0.1) is 17.9 Å². The molecule has 4 rings (SSSR count). The molecule has 2 aromatic heterocycles. The summed E-state index contributed by atoms with van der Waals surface area (Å²) in [4.78, 5) is 21.5. The van der Waals surface area contributed by atoms with Crippen LogP contribution in [0.1, 0.15) is 30.1 Å². The van der Waals surface area contributed by atoms with E-state index in [1.54, 1.807) is 36.1 Å². The molecule has 1 saturated heterocycles. The van der Waals surface area contributed by atoms with E-state index in [-0.39, 0.29) is 11.8 Å². The zero-order valence-electron chi connectivity index (χ0n) is 16.2. The minimum absolute atomic E-state index is 0.0947. The molecular weight excluding hydrogens is 420 g/mol. The summed E-state index contributed by atoms with van der Waals surface area (Å²) in [5, 5.41) is 4.85. The zero-order chi connectivity index (χ0) is 21.0. The van der Waals surface area contributed by atoms with Crippen molar-refractivity contribution in [1.82, 2.24) is 19.6 Å². The van der Waals surface area contributed by atoms with Crippen molar-refractivity contribution in [3.63, 3.8) is 0 Å². The first-order valence-corrected chi connectivity index (χ1v) is 12.0. The highest BCUT2D eigenvalue weighted by molar-refractivity contribution is 7.91. The van der Waals surface area contributed by atoms with Gasteiger partial charge in [-0.3, -0.25) is 14.8 Å². The molecule has 1 N–H and O–H groups in total. The standard InChI is InChI=1S/C21H22N4O3S2/c26-21(17-8-12-25(13-9-17)30(27,28)19-7-4-14-29-19)24-20(16-5-2-1-3-6-16)18-15-22-10-11-23-18/h1-7,10-11,14-15,17,20H,8-9,12-13H2,(H,24,26). The maximum absolute atomic E-state index is 13.0. The van der Waals surface area contributed by atoms with Crippen molar-refractivity contribution in [3.05, 3.63) is 77.7 Å². The van der Waals surface area contributed by atoms with Crippen LogP contribution < -0.4 is 5.32 Å². The summed E-state index contributed by atoms with van der Waals surface area (Å²) in [6.45, 7) is 0.666. The van der Waals surface area contributed by atoms with Crippen LogP contribution in [0.3, 0.4) is 0 Å². The predicted octanol–water partition coefficient (Wildman–Crippen LogP) is 2.84. The van der Waals surface area contributed by atoms with E-state index in [1.165, 1.54) is 15.6 Å². The molecule has 1 amide bonds. The molecule has 1 aliphatic heterocycles. The van der Waals surface area contributed by atoms with E-state index in [2.05, 4.69) is 15.3 Å². The van der Waals surface area contributed by atoms with Crippen LogP contribution in [0.5, 0.6) is 0 Å². The van der Waals surface area contributed by atoms with E-state index >= 15 is 0 Å². The molecule has 1 atom stereocenters. The van der Waals surface area contributed by atoms with E-state index in [0.29, 0.717) is 35.8 Å². The van der Waals surface area contributed by atoms with Crippen LogP contribution in [0.15, 0.2) is 70.6 Å². The third kappa shape index (κ3) is 4.43. The molecule has 1 unspecified atom stereocenters.